The van der Waals surface area contributed by atoms with Gasteiger partial charge in [-0.15, -0.1) is 11.3 Å². The number of amides is 1. The molecule has 0 bridgehead atoms. The molecule has 3 rings (SSSR count). The van der Waals surface area contributed by atoms with E-state index in [-0.39, 0.29) is 5.91 Å². The molecule has 0 atom stereocenters. The van der Waals surface area contributed by atoms with Crippen molar-refractivity contribution in [1.29, 1.82) is 0 Å². The van der Waals surface area contributed by atoms with Crippen molar-refractivity contribution in [3.8, 4) is 0 Å². The molecule has 1 aromatic heterocycles. The van der Waals surface area contributed by atoms with Crippen LogP contribution in [-0.2, 0) is 19.4 Å². The quantitative estimate of drug-likeness (QED) is 0.901. The minimum atomic E-state index is -0.00592. The van der Waals surface area contributed by atoms with E-state index in [0.29, 0.717) is 6.54 Å². The molecule has 1 aromatic carbocycles. The van der Waals surface area contributed by atoms with Gasteiger partial charge in [-0.3, -0.25) is 4.79 Å². The predicted octanol–water partition coefficient (Wildman–Crippen LogP) is 1.76. The number of nitrogens with zero attached hydrogens (tertiary/aromatic N) is 1. The predicted molar refractivity (Wildman–Crippen MR) is 80.0 cm³/mol. The largest absolute Gasteiger partial charge is 0.352 e. The van der Waals surface area contributed by atoms with Gasteiger partial charge in [0.2, 0.25) is 0 Å². The van der Waals surface area contributed by atoms with Crippen LogP contribution in [0.2, 0.25) is 0 Å². The standard InChI is InChI=1S/C15H17N3OS/c19-15(17-6-4-14-9-20-10-18-14)12-2-1-11-3-5-16-8-13(11)7-12/h1-2,7,9-10,16H,3-6,8H2,(H,17,19). The van der Waals surface area contributed by atoms with Crippen LogP contribution in [0.1, 0.15) is 27.2 Å². The van der Waals surface area contributed by atoms with E-state index in [1.807, 2.05) is 23.0 Å². The van der Waals surface area contributed by atoms with E-state index in [0.717, 1.165) is 37.2 Å². The Hall–Kier alpha value is -1.72. The summed E-state index contributed by atoms with van der Waals surface area (Å²) in [6.07, 6.45) is 1.82. The maximum Gasteiger partial charge on any atom is 0.251 e. The highest BCUT2D eigenvalue weighted by Gasteiger charge is 2.12. The van der Waals surface area contributed by atoms with E-state index in [4.69, 9.17) is 0 Å². The maximum atomic E-state index is 12.1. The summed E-state index contributed by atoms with van der Waals surface area (Å²) in [5.74, 6) is -0.00592. The number of carbonyl (C=O) groups is 1. The highest BCUT2D eigenvalue weighted by molar-refractivity contribution is 7.07. The number of nitrogens with one attached hydrogen (secondary N) is 2. The summed E-state index contributed by atoms with van der Waals surface area (Å²) < 4.78 is 0. The second-order valence-electron chi connectivity index (χ2n) is 4.90. The Morgan fingerprint density at radius 1 is 1.40 bits per heavy atom. The molecule has 2 heterocycles. The normalized spacial score (nSPS) is 13.8. The van der Waals surface area contributed by atoms with Crippen LogP contribution < -0.4 is 10.6 Å². The maximum absolute atomic E-state index is 12.1. The van der Waals surface area contributed by atoms with E-state index >= 15 is 0 Å². The average molecular weight is 287 g/mol. The second-order valence-corrected chi connectivity index (χ2v) is 5.61. The lowest BCUT2D eigenvalue weighted by Gasteiger charge is -2.17. The van der Waals surface area contributed by atoms with E-state index < -0.39 is 0 Å². The Morgan fingerprint density at radius 2 is 2.35 bits per heavy atom. The van der Waals surface area contributed by atoms with Crippen LogP contribution in [0.25, 0.3) is 0 Å². The first-order valence-electron chi connectivity index (χ1n) is 6.81. The molecule has 2 N–H and O–H groups in total. The smallest absolute Gasteiger partial charge is 0.251 e. The summed E-state index contributed by atoms with van der Waals surface area (Å²) in [6.45, 7) is 2.50. The van der Waals surface area contributed by atoms with Crippen molar-refractivity contribution in [1.82, 2.24) is 15.6 Å². The molecule has 5 heteroatoms. The summed E-state index contributed by atoms with van der Waals surface area (Å²) in [5, 5.41) is 8.29. The van der Waals surface area contributed by atoms with E-state index in [9.17, 15) is 4.79 Å². The first-order valence-corrected chi connectivity index (χ1v) is 7.75. The fourth-order valence-corrected chi connectivity index (χ4v) is 2.98. The third-order valence-corrected chi connectivity index (χ3v) is 4.14. The van der Waals surface area contributed by atoms with Crippen molar-refractivity contribution >= 4 is 17.2 Å². The topological polar surface area (TPSA) is 54.0 Å². The van der Waals surface area contributed by atoms with Crippen LogP contribution in [0.5, 0.6) is 0 Å². The fourth-order valence-electron chi connectivity index (χ4n) is 2.39. The van der Waals surface area contributed by atoms with Gasteiger partial charge in [-0.25, -0.2) is 4.98 Å². The molecule has 0 radical (unpaired) electrons. The minimum absolute atomic E-state index is 0.00592. The molecule has 4 nitrogen and oxygen atoms in total. The van der Waals surface area contributed by atoms with E-state index in [1.54, 1.807) is 11.3 Å². The zero-order valence-electron chi connectivity index (χ0n) is 11.2. The monoisotopic (exact) mass is 287 g/mol. The fraction of sp³-hybridized carbons (Fsp3) is 0.333. The van der Waals surface area contributed by atoms with Crippen molar-refractivity contribution in [2.45, 2.75) is 19.4 Å². The van der Waals surface area contributed by atoms with Crippen molar-refractivity contribution in [3.63, 3.8) is 0 Å². The number of carbonyl (C=O) groups excluding carboxylic acids is 1. The third-order valence-electron chi connectivity index (χ3n) is 3.51. The zero-order chi connectivity index (χ0) is 13.8. The Morgan fingerprint density at radius 3 is 3.20 bits per heavy atom. The van der Waals surface area contributed by atoms with Crippen molar-refractivity contribution < 1.29 is 4.79 Å². The first kappa shape index (κ1) is 13.3. The molecule has 0 aliphatic carbocycles. The molecule has 0 fully saturated rings. The summed E-state index contributed by atoms with van der Waals surface area (Å²) in [4.78, 5) is 16.3. The molecule has 2 aromatic rings. The molecular weight excluding hydrogens is 270 g/mol. The average Bonchev–Trinajstić information content (AvgIpc) is 3.00. The van der Waals surface area contributed by atoms with Crippen molar-refractivity contribution in [2.75, 3.05) is 13.1 Å². The molecule has 1 amide bonds. The van der Waals surface area contributed by atoms with E-state index in [2.05, 4.69) is 21.7 Å². The van der Waals surface area contributed by atoms with Gasteiger partial charge in [0.1, 0.15) is 0 Å². The number of fused-ring (bicyclic) bond motifs is 1. The van der Waals surface area contributed by atoms with Gasteiger partial charge in [-0.2, -0.15) is 0 Å². The van der Waals surface area contributed by atoms with Gasteiger partial charge < -0.3 is 10.6 Å². The zero-order valence-corrected chi connectivity index (χ0v) is 12.0. The van der Waals surface area contributed by atoms with Gasteiger partial charge in [-0.05, 0) is 36.2 Å². The van der Waals surface area contributed by atoms with Crippen molar-refractivity contribution in [2.24, 2.45) is 0 Å². The van der Waals surface area contributed by atoms with Crippen LogP contribution in [0.4, 0.5) is 0 Å². The molecule has 0 unspecified atom stereocenters. The minimum Gasteiger partial charge on any atom is -0.352 e. The molecule has 20 heavy (non-hydrogen) atoms. The van der Waals surface area contributed by atoms with Gasteiger partial charge in [0.15, 0.2) is 0 Å². The van der Waals surface area contributed by atoms with Crippen LogP contribution in [-0.4, -0.2) is 24.0 Å². The molecule has 0 saturated heterocycles. The number of thiazole rings is 1. The Bertz CT molecular complexity index is 595. The lowest BCUT2D eigenvalue weighted by molar-refractivity contribution is 0.0954. The highest BCUT2D eigenvalue weighted by Crippen LogP contribution is 2.15. The lowest BCUT2D eigenvalue weighted by atomic mass is 9.98. The third kappa shape index (κ3) is 3.05. The summed E-state index contributed by atoms with van der Waals surface area (Å²) >= 11 is 1.58. The molecule has 1 aliphatic rings. The number of rotatable bonds is 4. The van der Waals surface area contributed by atoms with Gasteiger partial charge in [-0.1, -0.05) is 6.07 Å². The van der Waals surface area contributed by atoms with Gasteiger partial charge in [0, 0.05) is 30.5 Å². The highest BCUT2D eigenvalue weighted by atomic mass is 32.1. The van der Waals surface area contributed by atoms with E-state index in [1.165, 1.54) is 11.1 Å². The summed E-state index contributed by atoms with van der Waals surface area (Å²) in [6, 6.07) is 5.99. The van der Waals surface area contributed by atoms with Crippen LogP contribution in [0.3, 0.4) is 0 Å². The van der Waals surface area contributed by atoms with Crippen LogP contribution in [0, 0.1) is 0 Å². The molecule has 1 aliphatic heterocycles. The molecular formula is C15H17N3OS. The number of hydrogen-bond acceptors (Lipinski definition) is 4. The van der Waals surface area contributed by atoms with Crippen molar-refractivity contribution in [3.05, 3.63) is 51.5 Å². The summed E-state index contributed by atoms with van der Waals surface area (Å²) in [5.41, 5.74) is 6.18. The van der Waals surface area contributed by atoms with Gasteiger partial charge in [0.05, 0.1) is 11.2 Å². The van der Waals surface area contributed by atoms with Crippen LogP contribution in [0.15, 0.2) is 29.1 Å². The van der Waals surface area contributed by atoms with Gasteiger partial charge >= 0.3 is 0 Å². The number of aromatic nitrogens is 1. The molecule has 104 valence electrons. The Kier molecular flexibility index (Phi) is 4.08. The first-order chi connectivity index (χ1) is 9.83. The lowest BCUT2D eigenvalue weighted by Crippen LogP contribution is -2.27. The Balaban J connectivity index is 1.59. The summed E-state index contributed by atoms with van der Waals surface area (Å²) in [7, 11) is 0. The Labute approximate surface area is 122 Å². The number of benzene rings is 1. The van der Waals surface area contributed by atoms with Crippen LogP contribution >= 0.6 is 11.3 Å². The van der Waals surface area contributed by atoms with Gasteiger partial charge in [0.25, 0.3) is 5.91 Å². The molecule has 0 spiro atoms. The number of hydrogen-bond donors (Lipinski definition) is 2. The SMILES string of the molecule is O=C(NCCc1cscn1)c1ccc2c(c1)CNCC2. The second kappa shape index (κ2) is 6.15. The molecule has 0 saturated carbocycles.